The predicted molar refractivity (Wildman–Crippen MR) is 153 cm³/mol. The first-order chi connectivity index (χ1) is 19.6. The van der Waals surface area contributed by atoms with E-state index in [1.165, 1.54) is 11.8 Å². The van der Waals surface area contributed by atoms with E-state index in [9.17, 15) is 4.79 Å². The number of imidazole rings is 1. The molecule has 1 aliphatic rings. The van der Waals surface area contributed by atoms with Gasteiger partial charge in [-0.1, -0.05) is 30.3 Å². The van der Waals surface area contributed by atoms with E-state index in [0.717, 1.165) is 48.3 Å². The lowest BCUT2D eigenvalue weighted by Crippen LogP contribution is -2.23. The van der Waals surface area contributed by atoms with E-state index in [4.69, 9.17) is 19.3 Å². The molecule has 40 heavy (non-hydrogen) atoms. The summed E-state index contributed by atoms with van der Waals surface area (Å²) in [6, 6.07) is 16.1. The number of anilines is 1. The number of hydrogen-bond donors (Lipinski definition) is 1. The van der Waals surface area contributed by atoms with Crippen LogP contribution in [0, 0.1) is 0 Å². The van der Waals surface area contributed by atoms with Gasteiger partial charge in [0.1, 0.15) is 5.65 Å². The van der Waals surface area contributed by atoms with Gasteiger partial charge in [-0.3, -0.25) is 0 Å². The third-order valence-electron chi connectivity index (χ3n) is 6.79. The summed E-state index contributed by atoms with van der Waals surface area (Å²) in [7, 11) is 3.74. The molecule has 1 saturated heterocycles. The Bertz CT molecular complexity index is 1560. The SMILES string of the molecule is CCOC(=O)c1cnc2c(N(C)Cc3ccccc3)cc(-c3c[nH]c4ncccc34)nn12.COC1CCCOC1. The fourth-order valence-corrected chi connectivity index (χ4v) is 4.72. The molecule has 0 spiro atoms. The molecule has 10 nitrogen and oxygen atoms in total. The molecule has 0 bridgehead atoms. The first-order valence-electron chi connectivity index (χ1n) is 13.4. The van der Waals surface area contributed by atoms with Crippen molar-refractivity contribution in [2.45, 2.75) is 32.4 Å². The molecule has 5 heterocycles. The molecule has 5 aromatic rings. The fourth-order valence-electron chi connectivity index (χ4n) is 4.72. The van der Waals surface area contributed by atoms with Gasteiger partial charge in [0.2, 0.25) is 0 Å². The van der Waals surface area contributed by atoms with Crippen molar-refractivity contribution in [3.8, 4) is 11.3 Å². The maximum atomic E-state index is 12.5. The number of nitrogens with one attached hydrogen (secondary N) is 1. The van der Waals surface area contributed by atoms with E-state index in [1.807, 2.05) is 49.6 Å². The van der Waals surface area contributed by atoms with Crippen molar-refractivity contribution in [3.05, 3.63) is 78.4 Å². The largest absolute Gasteiger partial charge is 0.461 e. The Balaban J connectivity index is 0.000000348. The average Bonchev–Trinajstić information content (AvgIpc) is 3.63. The Morgan fingerprint density at radius 1 is 1.20 bits per heavy atom. The molecule has 4 aromatic heterocycles. The van der Waals surface area contributed by atoms with E-state index < -0.39 is 5.97 Å². The minimum absolute atomic E-state index is 0.278. The number of esters is 1. The third kappa shape index (κ3) is 5.98. The average molecular weight is 543 g/mol. The molecule has 1 aliphatic heterocycles. The van der Waals surface area contributed by atoms with Gasteiger partial charge in [-0.25, -0.2) is 19.3 Å². The van der Waals surface area contributed by atoms with Crippen LogP contribution in [0.25, 0.3) is 27.9 Å². The molecule has 0 aliphatic carbocycles. The number of ether oxygens (including phenoxy) is 3. The van der Waals surface area contributed by atoms with E-state index in [0.29, 0.717) is 24.0 Å². The molecular formula is C30H34N6O4. The van der Waals surface area contributed by atoms with Gasteiger partial charge in [-0.05, 0) is 43.5 Å². The van der Waals surface area contributed by atoms with Crippen LogP contribution < -0.4 is 4.90 Å². The van der Waals surface area contributed by atoms with Crippen molar-refractivity contribution in [1.82, 2.24) is 24.6 Å². The smallest absolute Gasteiger partial charge is 0.358 e. The molecule has 208 valence electrons. The second-order valence-corrected chi connectivity index (χ2v) is 9.53. The lowest BCUT2D eigenvalue weighted by atomic mass is 10.1. The molecule has 1 N–H and O–H groups in total. The molecule has 0 radical (unpaired) electrons. The highest BCUT2D eigenvalue weighted by Crippen LogP contribution is 2.31. The summed E-state index contributed by atoms with van der Waals surface area (Å²) in [6.07, 6.45) is 7.82. The zero-order valence-electron chi connectivity index (χ0n) is 23.0. The highest BCUT2D eigenvalue weighted by atomic mass is 16.5. The Morgan fingerprint density at radius 2 is 2.05 bits per heavy atom. The Hall–Kier alpha value is -4.28. The number of hydrogen-bond acceptors (Lipinski definition) is 8. The molecule has 0 saturated carbocycles. The lowest BCUT2D eigenvalue weighted by Gasteiger charge is -2.21. The molecule has 1 aromatic carbocycles. The standard InChI is InChI=1S/C24H22N6O2.C6H12O2/c1-3-32-24(31)21-14-27-23-20(29(2)15-16-8-5-4-6-9-16)12-19(28-30(21)23)18-13-26-22-17(18)10-7-11-25-22;1-7-6-3-2-4-8-5-6/h4-14H,3,15H2,1-2H3,(H,25,26);6H,2-5H2,1H3. The van der Waals surface area contributed by atoms with Crippen LogP contribution in [-0.2, 0) is 20.8 Å². The monoisotopic (exact) mass is 542 g/mol. The van der Waals surface area contributed by atoms with Crippen LogP contribution in [0.3, 0.4) is 0 Å². The molecule has 6 rings (SSSR count). The normalized spacial score (nSPS) is 15.0. The fraction of sp³-hybridized carbons (Fsp3) is 0.333. The van der Waals surface area contributed by atoms with Gasteiger partial charge in [0.15, 0.2) is 11.3 Å². The van der Waals surface area contributed by atoms with Crippen LogP contribution >= 0.6 is 0 Å². The highest BCUT2D eigenvalue weighted by Gasteiger charge is 2.21. The van der Waals surface area contributed by atoms with E-state index in [1.54, 1.807) is 24.7 Å². The minimum atomic E-state index is -0.457. The van der Waals surface area contributed by atoms with Crippen LogP contribution in [-0.4, -0.2) is 70.6 Å². The molecule has 1 fully saturated rings. The summed E-state index contributed by atoms with van der Waals surface area (Å²) in [6.45, 7) is 4.44. The quantitative estimate of drug-likeness (QED) is 0.290. The van der Waals surface area contributed by atoms with E-state index in [-0.39, 0.29) is 12.3 Å². The minimum Gasteiger partial charge on any atom is -0.461 e. The number of carbonyl (C=O) groups excluding carboxylic acids is 1. The van der Waals surface area contributed by atoms with Crippen molar-refractivity contribution in [2.24, 2.45) is 0 Å². The summed E-state index contributed by atoms with van der Waals surface area (Å²) in [5.41, 5.74) is 5.28. The molecule has 1 unspecified atom stereocenters. The molecule has 1 atom stereocenters. The number of carbonyl (C=O) groups is 1. The number of nitrogens with zero attached hydrogens (tertiary/aromatic N) is 5. The summed E-state index contributed by atoms with van der Waals surface area (Å²) < 4.78 is 17.0. The van der Waals surface area contributed by atoms with Crippen LogP contribution in [0.4, 0.5) is 5.69 Å². The zero-order valence-corrected chi connectivity index (χ0v) is 23.0. The number of H-pyrrole nitrogens is 1. The Morgan fingerprint density at radius 3 is 2.77 bits per heavy atom. The number of benzene rings is 1. The number of fused-ring (bicyclic) bond motifs is 2. The van der Waals surface area contributed by atoms with Crippen LogP contribution in [0.1, 0.15) is 35.8 Å². The first-order valence-corrected chi connectivity index (χ1v) is 13.4. The second kappa shape index (κ2) is 12.7. The van der Waals surface area contributed by atoms with Gasteiger partial charge in [-0.2, -0.15) is 5.10 Å². The highest BCUT2D eigenvalue weighted by molar-refractivity contribution is 5.94. The van der Waals surface area contributed by atoms with E-state index >= 15 is 0 Å². The van der Waals surface area contributed by atoms with E-state index in [2.05, 4.69) is 32.0 Å². The predicted octanol–water partition coefficient (Wildman–Crippen LogP) is 4.90. The number of rotatable bonds is 7. The van der Waals surface area contributed by atoms with Crippen molar-refractivity contribution >= 4 is 28.3 Å². The lowest BCUT2D eigenvalue weighted by molar-refractivity contribution is -0.0291. The number of aromatic amines is 1. The van der Waals surface area contributed by atoms with Crippen molar-refractivity contribution in [3.63, 3.8) is 0 Å². The first kappa shape index (κ1) is 27.3. The zero-order chi connectivity index (χ0) is 27.9. The van der Waals surface area contributed by atoms with Crippen molar-refractivity contribution < 1.29 is 19.0 Å². The Kier molecular flexibility index (Phi) is 8.68. The molecular weight excluding hydrogens is 508 g/mol. The van der Waals surface area contributed by atoms with Gasteiger partial charge < -0.3 is 24.1 Å². The Labute approximate surface area is 232 Å². The summed E-state index contributed by atoms with van der Waals surface area (Å²) in [5, 5.41) is 5.71. The van der Waals surface area contributed by atoms with Crippen LogP contribution in [0.5, 0.6) is 0 Å². The maximum Gasteiger partial charge on any atom is 0.358 e. The van der Waals surface area contributed by atoms with Gasteiger partial charge in [0, 0.05) is 50.7 Å². The second-order valence-electron chi connectivity index (χ2n) is 9.53. The van der Waals surface area contributed by atoms with Gasteiger partial charge in [0.05, 0.1) is 36.9 Å². The molecule has 0 amide bonds. The summed E-state index contributed by atoms with van der Waals surface area (Å²) >= 11 is 0. The number of methoxy groups -OCH3 is 1. The molecule has 10 heteroatoms. The van der Waals surface area contributed by atoms with Gasteiger partial charge >= 0.3 is 5.97 Å². The number of pyridine rings is 1. The third-order valence-corrected chi connectivity index (χ3v) is 6.79. The van der Waals surface area contributed by atoms with Crippen LogP contribution in [0.15, 0.2) is 67.1 Å². The maximum absolute atomic E-state index is 12.5. The van der Waals surface area contributed by atoms with Crippen molar-refractivity contribution in [2.75, 3.05) is 38.9 Å². The van der Waals surface area contributed by atoms with Gasteiger partial charge in [0.25, 0.3) is 0 Å². The van der Waals surface area contributed by atoms with Crippen molar-refractivity contribution in [1.29, 1.82) is 0 Å². The summed E-state index contributed by atoms with van der Waals surface area (Å²) in [4.78, 5) is 26.7. The van der Waals surface area contributed by atoms with Gasteiger partial charge in [-0.15, -0.1) is 0 Å². The van der Waals surface area contributed by atoms with Crippen LogP contribution in [0.2, 0.25) is 0 Å². The summed E-state index contributed by atoms with van der Waals surface area (Å²) in [5.74, 6) is -0.457. The number of aromatic nitrogens is 5. The topological polar surface area (TPSA) is 107 Å².